The van der Waals surface area contributed by atoms with E-state index in [1.807, 2.05) is 0 Å². The Hall–Kier alpha value is -0.610. The van der Waals surface area contributed by atoms with Gasteiger partial charge in [0.15, 0.2) is 0 Å². The largest absolute Gasteiger partial charge is 0.465 e. The van der Waals surface area contributed by atoms with Gasteiger partial charge in [0.2, 0.25) is 0 Å². The number of ether oxygens (including phenoxy) is 2. The molecule has 1 aliphatic rings. The molecule has 0 spiro atoms. The summed E-state index contributed by atoms with van der Waals surface area (Å²) in [6, 6.07) is 0.280. The van der Waals surface area contributed by atoms with Gasteiger partial charge in [-0.3, -0.25) is 4.79 Å². The van der Waals surface area contributed by atoms with Crippen LogP contribution in [0.15, 0.2) is 0 Å². The molecule has 1 rings (SSSR count). The predicted octanol–water partition coefficient (Wildman–Crippen LogP) is 1.08. The summed E-state index contributed by atoms with van der Waals surface area (Å²) in [6.45, 7) is 1.11. The van der Waals surface area contributed by atoms with Gasteiger partial charge in [0, 0.05) is 26.2 Å². The van der Waals surface area contributed by atoms with Crippen LogP contribution in [0.3, 0.4) is 0 Å². The van der Waals surface area contributed by atoms with E-state index in [0.717, 1.165) is 32.1 Å². The lowest BCUT2D eigenvalue weighted by Gasteiger charge is -2.24. The summed E-state index contributed by atoms with van der Waals surface area (Å²) in [4.78, 5) is 11.6. The molecule has 0 atom stereocenters. The Morgan fingerprint density at radius 3 is 2.53 bits per heavy atom. The average Bonchev–Trinajstić information content (AvgIpc) is 2.25. The monoisotopic (exact) mass is 215 g/mol. The van der Waals surface area contributed by atoms with Crippen LogP contribution in [0.4, 0.5) is 0 Å². The van der Waals surface area contributed by atoms with Crippen molar-refractivity contribution in [2.45, 2.75) is 38.1 Å². The van der Waals surface area contributed by atoms with Gasteiger partial charge in [-0.15, -0.1) is 0 Å². The Morgan fingerprint density at radius 2 is 1.93 bits per heavy atom. The van der Waals surface area contributed by atoms with Crippen molar-refractivity contribution in [3.8, 4) is 0 Å². The normalized spacial score (nSPS) is 26.3. The first kappa shape index (κ1) is 12.5. The van der Waals surface area contributed by atoms with Crippen molar-refractivity contribution >= 4 is 5.97 Å². The fourth-order valence-electron chi connectivity index (χ4n) is 1.85. The maximum Gasteiger partial charge on any atom is 0.308 e. The zero-order valence-corrected chi connectivity index (χ0v) is 9.41. The van der Waals surface area contributed by atoms with E-state index in [1.165, 1.54) is 0 Å². The highest BCUT2D eigenvalue weighted by Crippen LogP contribution is 2.24. The molecule has 0 bridgehead atoms. The van der Waals surface area contributed by atoms with Gasteiger partial charge < -0.3 is 15.2 Å². The van der Waals surface area contributed by atoms with Gasteiger partial charge in [0.05, 0.1) is 12.5 Å². The van der Waals surface area contributed by atoms with E-state index in [0.29, 0.717) is 13.2 Å². The van der Waals surface area contributed by atoms with E-state index in [4.69, 9.17) is 15.2 Å². The molecule has 0 aromatic rings. The minimum Gasteiger partial charge on any atom is -0.465 e. The molecular weight excluding hydrogens is 194 g/mol. The number of carbonyl (C=O) groups is 1. The molecule has 4 heteroatoms. The maximum absolute atomic E-state index is 11.6. The van der Waals surface area contributed by atoms with Gasteiger partial charge in [-0.05, 0) is 25.7 Å². The molecule has 15 heavy (non-hydrogen) atoms. The average molecular weight is 215 g/mol. The van der Waals surface area contributed by atoms with Crippen LogP contribution >= 0.6 is 0 Å². The number of rotatable bonds is 5. The van der Waals surface area contributed by atoms with Crippen LogP contribution in [0.5, 0.6) is 0 Å². The Bertz CT molecular complexity index is 188. The summed E-state index contributed by atoms with van der Waals surface area (Å²) in [5.41, 5.74) is 5.77. The molecule has 2 N–H and O–H groups in total. The number of carbonyl (C=O) groups excluding carboxylic acids is 1. The first-order valence-corrected chi connectivity index (χ1v) is 5.65. The first-order valence-electron chi connectivity index (χ1n) is 5.65. The molecule has 0 aliphatic heterocycles. The molecule has 0 saturated heterocycles. The number of hydrogen-bond acceptors (Lipinski definition) is 4. The standard InChI is InChI=1S/C11H21NO3/c1-14-7-2-8-15-11(13)9-3-5-10(12)6-4-9/h9-10H,2-8,12H2,1H3. The van der Waals surface area contributed by atoms with Crippen molar-refractivity contribution in [3.63, 3.8) is 0 Å². The maximum atomic E-state index is 11.6. The molecular formula is C11H21NO3. The van der Waals surface area contributed by atoms with Gasteiger partial charge in [-0.25, -0.2) is 0 Å². The fraction of sp³-hybridized carbons (Fsp3) is 0.909. The molecule has 88 valence electrons. The quantitative estimate of drug-likeness (QED) is 0.550. The molecule has 0 radical (unpaired) electrons. The van der Waals surface area contributed by atoms with Crippen LogP contribution in [0.1, 0.15) is 32.1 Å². The molecule has 4 nitrogen and oxygen atoms in total. The molecule has 1 saturated carbocycles. The number of esters is 1. The summed E-state index contributed by atoms with van der Waals surface area (Å²) in [5, 5.41) is 0. The van der Waals surface area contributed by atoms with E-state index in [1.54, 1.807) is 7.11 Å². The minimum absolute atomic E-state index is 0.0574. The van der Waals surface area contributed by atoms with Crippen molar-refractivity contribution in [2.75, 3.05) is 20.3 Å². The van der Waals surface area contributed by atoms with Crippen molar-refractivity contribution in [1.82, 2.24) is 0 Å². The second kappa shape index (κ2) is 6.80. The lowest BCUT2D eigenvalue weighted by atomic mass is 9.86. The first-order chi connectivity index (χ1) is 7.24. The van der Waals surface area contributed by atoms with Gasteiger partial charge in [-0.2, -0.15) is 0 Å². The molecule has 1 aliphatic carbocycles. The van der Waals surface area contributed by atoms with Crippen molar-refractivity contribution < 1.29 is 14.3 Å². The van der Waals surface area contributed by atoms with Crippen molar-refractivity contribution in [1.29, 1.82) is 0 Å². The van der Waals surface area contributed by atoms with Gasteiger partial charge in [0.25, 0.3) is 0 Å². The summed E-state index contributed by atoms with van der Waals surface area (Å²) in [5.74, 6) is 0.0188. The lowest BCUT2D eigenvalue weighted by molar-refractivity contribution is -0.150. The second-order valence-corrected chi connectivity index (χ2v) is 4.13. The molecule has 0 heterocycles. The third-order valence-corrected chi connectivity index (χ3v) is 2.84. The summed E-state index contributed by atoms with van der Waals surface area (Å²) >= 11 is 0. The highest BCUT2D eigenvalue weighted by Gasteiger charge is 2.25. The van der Waals surface area contributed by atoms with Crippen LogP contribution < -0.4 is 5.73 Å². The third-order valence-electron chi connectivity index (χ3n) is 2.84. The molecule has 0 aromatic carbocycles. The van der Waals surface area contributed by atoms with E-state index in [9.17, 15) is 4.79 Å². The molecule has 0 unspecified atom stereocenters. The highest BCUT2D eigenvalue weighted by molar-refractivity contribution is 5.72. The van der Waals surface area contributed by atoms with Gasteiger partial charge in [0.1, 0.15) is 0 Å². The van der Waals surface area contributed by atoms with Gasteiger partial charge in [-0.1, -0.05) is 0 Å². The van der Waals surface area contributed by atoms with Crippen molar-refractivity contribution in [3.05, 3.63) is 0 Å². The minimum atomic E-state index is -0.0574. The molecule has 1 fully saturated rings. The predicted molar refractivity (Wildman–Crippen MR) is 57.4 cm³/mol. The van der Waals surface area contributed by atoms with E-state index < -0.39 is 0 Å². The van der Waals surface area contributed by atoms with E-state index in [-0.39, 0.29) is 17.9 Å². The Balaban J connectivity index is 2.11. The van der Waals surface area contributed by atoms with Crippen LogP contribution in [-0.4, -0.2) is 32.3 Å². The zero-order chi connectivity index (χ0) is 11.1. The topological polar surface area (TPSA) is 61.5 Å². The number of nitrogens with two attached hydrogens (primary N) is 1. The zero-order valence-electron chi connectivity index (χ0n) is 9.41. The number of hydrogen-bond donors (Lipinski definition) is 1. The fourth-order valence-corrected chi connectivity index (χ4v) is 1.85. The van der Waals surface area contributed by atoms with Crippen LogP contribution in [0, 0.1) is 5.92 Å². The third kappa shape index (κ3) is 4.62. The highest BCUT2D eigenvalue weighted by atomic mass is 16.5. The van der Waals surface area contributed by atoms with Crippen molar-refractivity contribution in [2.24, 2.45) is 11.7 Å². The Morgan fingerprint density at radius 1 is 1.27 bits per heavy atom. The Kier molecular flexibility index (Phi) is 5.65. The summed E-state index contributed by atoms with van der Waals surface area (Å²) < 4.78 is 10.0. The van der Waals surface area contributed by atoms with Gasteiger partial charge >= 0.3 is 5.97 Å². The lowest BCUT2D eigenvalue weighted by Crippen LogP contribution is -2.30. The smallest absolute Gasteiger partial charge is 0.308 e. The number of methoxy groups -OCH3 is 1. The van der Waals surface area contributed by atoms with Crippen LogP contribution in [-0.2, 0) is 14.3 Å². The van der Waals surface area contributed by atoms with E-state index >= 15 is 0 Å². The van der Waals surface area contributed by atoms with Crippen LogP contribution in [0.2, 0.25) is 0 Å². The summed E-state index contributed by atoms with van der Waals surface area (Å²) in [6.07, 6.45) is 4.42. The van der Waals surface area contributed by atoms with Crippen LogP contribution in [0.25, 0.3) is 0 Å². The second-order valence-electron chi connectivity index (χ2n) is 4.13. The molecule has 0 aromatic heterocycles. The molecule has 0 amide bonds. The van der Waals surface area contributed by atoms with E-state index in [2.05, 4.69) is 0 Å². The summed E-state index contributed by atoms with van der Waals surface area (Å²) in [7, 11) is 1.64. The SMILES string of the molecule is COCCCOC(=O)C1CCC(N)CC1. The Labute approximate surface area is 91.1 Å².